The first kappa shape index (κ1) is 17.2. The number of hydrogen-bond donors (Lipinski definition) is 1. The van der Waals surface area contributed by atoms with Crippen LogP contribution in [0.1, 0.15) is 42.4 Å². The molecule has 1 aliphatic carbocycles. The minimum Gasteiger partial charge on any atom is -0.330 e. The van der Waals surface area contributed by atoms with Crippen molar-refractivity contribution in [2.24, 2.45) is 5.73 Å². The van der Waals surface area contributed by atoms with Crippen molar-refractivity contribution in [1.29, 1.82) is 0 Å². The molecule has 136 valence electrons. The molecule has 1 aliphatic rings. The number of aryl methyl sites for hydroxylation is 2. The van der Waals surface area contributed by atoms with Crippen molar-refractivity contribution in [2.45, 2.75) is 44.8 Å². The number of rotatable bonds is 6. The van der Waals surface area contributed by atoms with Crippen LogP contribution in [0.3, 0.4) is 0 Å². The van der Waals surface area contributed by atoms with Gasteiger partial charge < -0.3 is 10.3 Å². The fraction of sp³-hybridized carbons (Fsp3) is 0.429. The molecule has 0 radical (unpaired) electrons. The van der Waals surface area contributed by atoms with Crippen molar-refractivity contribution < 1.29 is 0 Å². The highest BCUT2D eigenvalue weighted by atomic mass is 15.2. The van der Waals surface area contributed by atoms with Gasteiger partial charge in [-0.1, -0.05) is 18.2 Å². The molecule has 5 heteroatoms. The van der Waals surface area contributed by atoms with Gasteiger partial charge in [0.05, 0.1) is 29.3 Å². The number of pyridine rings is 1. The zero-order chi connectivity index (χ0) is 17.9. The molecule has 2 N–H and O–H groups in total. The second-order valence-corrected chi connectivity index (χ2v) is 7.18. The molecular weight excluding hydrogens is 322 g/mol. The maximum atomic E-state index is 5.76. The summed E-state index contributed by atoms with van der Waals surface area (Å²) in [6, 6.07) is 13.0. The Morgan fingerprint density at radius 2 is 2.12 bits per heavy atom. The van der Waals surface area contributed by atoms with E-state index in [1.54, 1.807) is 0 Å². The van der Waals surface area contributed by atoms with Crippen molar-refractivity contribution in [2.75, 3.05) is 13.6 Å². The summed E-state index contributed by atoms with van der Waals surface area (Å²) < 4.78 is 2.33. The summed E-state index contributed by atoms with van der Waals surface area (Å²) in [5.74, 6) is 1.12. The van der Waals surface area contributed by atoms with E-state index in [0.717, 1.165) is 43.7 Å². The first-order valence-corrected chi connectivity index (χ1v) is 9.56. The lowest BCUT2D eigenvalue weighted by Gasteiger charge is -2.32. The maximum Gasteiger partial charge on any atom is 0.124 e. The molecule has 0 saturated carbocycles. The molecular formula is C21H27N5. The second kappa shape index (κ2) is 7.56. The molecule has 2 aromatic heterocycles. The van der Waals surface area contributed by atoms with Crippen LogP contribution < -0.4 is 5.73 Å². The number of para-hydroxylation sites is 2. The highest BCUT2D eigenvalue weighted by Gasteiger charge is 2.26. The van der Waals surface area contributed by atoms with Gasteiger partial charge in [-0.15, -0.1) is 0 Å². The minimum atomic E-state index is 0.364. The van der Waals surface area contributed by atoms with Crippen LogP contribution in [0.4, 0.5) is 0 Å². The van der Waals surface area contributed by atoms with Crippen LogP contribution in [-0.2, 0) is 19.5 Å². The van der Waals surface area contributed by atoms with Crippen LogP contribution in [0, 0.1) is 0 Å². The number of nitrogens with zero attached hydrogens (tertiary/aromatic N) is 4. The summed E-state index contributed by atoms with van der Waals surface area (Å²) in [6.07, 6.45) is 6.40. The van der Waals surface area contributed by atoms with Gasteiger partial charge in [0.15, 0.2) is 0 Å². The summed E-state index contributed by atoms with van der Waals surface area (Å²) in [5, 5.41) is 0. The number of benzene rings is 1. The zero-order valence-electron chi connectivity index (χ0n) is 15.4. The average molecular weight is 349 g/mol. The average Bonchev–Trinajstić information content (AvgIpc) is 3.02. The zero-order valence-corrected chi connectivity index (χ0v) is 15.4. The maximum absolute atomic E-state index is 5.76. The van der Waals surface area contributed by atoms with E-state index >= 15 is 0 Å². The molecule has 1 aromatic carbocycles. The fourth-order valence-electron chi connectivity index (χ4n) is 4.09. The summed E-state index contributed by atoms with van der Waals surface area (Å²) >= 11 is 0. The Morgan fingerprint density at radius 1 is 1.23 bits per heavy atom. The van der Waals surface area contributed by atoms with Crippen LogP contribution in [-0.4, -0.2) is 33.0 Å². The fourth-order valence-corrected chi connectivity index (χ4v) is 4.09. The number of aromatic nitrogens is 3. The SMILES string of the molecule is CN(Cc1nc2ccccc2n1CCCN)[C@H]1CCCc2cccnc21. The van der Waals surface area contributed by atoms with E-state index in [1.165, 1.54) is 23.2 Å². The standard InChI is InChI=1S/C21H27N5/c1-25(19-11-4-7-16-8-5-13-23-21(16)19)15-20-24-17-9-2-3-10-18(17)26(20)14-6-12-22/h2-3,5,8-10,13,19H,4,6-7,11-12,14-15,22H2,1H3/t19-/m0/s1. The Morgan fingerprint density at radius 3 is 3.00 bits per heavy atom. The lowest BCUT2D eigenvalue weighted by Crippen LogP contribution is -2.29. The number of nitrogens with two attached hydrogens (primary N) is 1. The molecule has 26 heavy (non-hydrogen) atoms. The third-order valence-electron chi connectivity index (χ3n) is 5.41. The van der Waals surface area contributed by atoms with Crippen LogP contribution in [0.5, 0.6) is 0 Å². The van der Waals surface area contributed by atoms with Gasteiger partial charge in [0, 0.05) is 12.7 Å². The Balaban J connectivity index is 1.63. The van der Waals surface area contributed by atoms with Gasteiger partial charge in [-0.2, -0.15) is 0 Å². The quantitative estimate of drug-likeness (QED) is 0.742. The molecule has 1 atom stereocenters. The Kier molecular flexibility index (Phi) is 5.00. The smallest absolute Gasteiger partial charge is 0.124 e. The van der Waals surface area contributed by atoms with Crippen molar-refractivity contribution in [3.05, 3.63) is 59.7 Å². The summed E-state index contributed by atoms with van der Waals surface area (Å²) in [7, 11) is 2.20. The largest absolute Gasteiger partial charge is 0.330 e. The molecule has 5 nitrogen and oxygen atoms in total. The third kappa shape index (κ3) is 3.24. The molecule has 0 fully saturated rings. The van der Waals surface area contributed by atoms with E-state index in [0.29, 0.717) is 12.6 Å². The highest BCUT2D eigenvalue weighted by Crippen LogP contribution is 2.32. The molecule has 0 unspecified atom stereocenters. The normalized spacial score (nSPS) is 17.0. The topological polar surface area (TPSA) is 60.0 Å². The lowest BCUT2D eigenvalue weighted by atomic mass is 9.91. The molecule has 0 aliphatic heterocycles. The van der Waals surface area contributed by atoms with E-state index in [1.807, 2.05) is 12.3 Å². The highest BCUT2D eigenvalue weighted by molar-refractivity contribution is 5.75. The van der Waals surface area contributed by atoms with Crippen LogP contribution in [0.2, 0.25) is 0 Å². The molecule has 2 heterocycles. The number of hydrogen-bond acceptors (Lipinski definition) is 4. The lowest BCUT2D eigenvalue weighted by molar-refractivity contribution is 0.201. The molecule has 3 aromatic rings. The number of imidazole rings is 1. The first-order chi connectivity index (χ1) is 12.8. The molecule has 4 rings (SSSR count). The van der Waals surface area contributed by atoms with Crippen molar-refractivity contribution in [1.82, 2.24) is 19.4 Å². The monoisotopic (exact) mass is 349 g/mol. The van der Waals surface area contributed by atoms with Gasteiger partial charge in [0.1, 0.15) is 5.82 Å². The van der Waals surface area contributed by atoms with Crippen LogP contribution in [0.25, 0.3) is 11.0 Å². The molecule has 0 spiro atoms. The van der Waals surface area contributed by atoms with E-state index in [-0.39, 0.29) is 0 Å². The third-order valence-corrected chi connectivity index (χ3v) is 5.41. The molecule has 0 bridgehead atoms. The van der Waals surface area contributed by atoms with Crippen LogP contribution in [0.15, 0.2) is 42.6 Å². The van der Waals surface area contributed by atoms with Crippen molar-refractivity contribution >= 4 is 11.0 Å². The van der Waals surface area contributed by atoms with Crippen molar-refractivity contribution in [3.63, 3.8) is 0 Å². The van der Waals surface area contributed by atoms with Gasteiger partial charge in [-0.05, 0) is 63.0 Å². The summed E-state index contributed by atoms with van der Waals surface area (Å²) in [5.41, 5.74) is 10.7. The minimum absolute atomic E-state index is 0.364. The van der Waals surface area contributed by atoms with Gasteiger partial charge in [-0.3, -0.25) is 9.88 Å². The molecule has 0 amide bonds. The van der Waals surface area contributed by atoms with Gasteiger partial charge in [-0.25, -0.2) is 4.98 Å². The molecule has 0 saturated heterocycles. The van der Waals surface area contributed by atoms with Gasteiger partial charge >= 0.3 is 0 Å². The Hall–Kier alpha value is -2.24. The van der Waals surface area contributed by atoms with Crippen molar-refractivity contribution in [3.8, 4) is 0 Å². The van der Waals surface area contributed by atoms with Crippen LogP contribution >= 0.6 is 0 Å². The number of fused-ring (bicyclic) bond motifs is 2. The Labute approximate surface area is 154 Å². The van der Waals surface area contributed by atoms with E-state index in [2.05, 4.69) is 46.8 Å². The van der Waals surface area contributed by atoms with E-state index in [4.69, 9.17) is 15.7 Å². The predicted octanol–water partition coefficient (Wildman–Crippen LogP) is 3.29. The second-order valence-electron chi connectivity index (χ2n) is 7.18. The predicted molar refractivity (Wildman–Crippen MR) is 105 cm³/mol. The summed E-state index contributed by atoms with van der Waals surface area (Å²) in [6.45, 7) is 2.43. The van der Waals surface area contributed by atoms with Gasteiger partial charge in [0.25, 0.3) is 0 Å². The Bertz CT molecular complexity index is 885. The first-order valence-electron chi connectivity index (χ1n) is 9.56. The van der Waals surface area contributed by atoms with E-state index < -0.39 is 0 Å². The van der Waals surface area contributed by atoms with E-state index in [9.17, 15) is 0 Å². The summed E-state index contributed by atoms with van der Waals surface area (Å²) in [4.78, 5) is 12.0. The van der Waals surface area contributed by atoms with Gasteiger partial charge in [0.2, 0.25) is 0 Å².